The summed E-state index contributed by atoms with van der Waals surface area (Å²) in [5.74, 6) is -2.76. The normalized spacial score (nSPS) is 23.8. The molecule has 0 aromatic rings. The minimum Gasteiger partial charge on any atom is -0.395 e. The molecule has 13 nitrogen and oxygen atoms in total. The van der Waals surface area contributed by atoms with E-state index >= 15 is 0 Å². The molecule has 2 saturated carbocycles. The van der Waals surface area contributed by atoms with E-state index in [9.17, 15) is 37.5 Å². The maximum Gasteiger partial charge on any atom is 0.315 e. The van der Waals surface area contributed by atoms with Crippen LogP contribution in [0.2, 0.25) is 0 Å². The van der Waals surface area contributed by atoms with E-state index in [-0.39, 0.29) is 30.6 Å². The molecular formula is C34H59N5O8S. The molecule has 14 heteroatoms. The molecule has 3 rings (SSSR count). The average Bonchev–Trinajstić information content (AvgIpc) is 3.60. The first kappa shape index (κ1) is 39.7. The Morgan fingerprint density at radius 2 is 1.58 bits per heavy atom. The summed E-state index contributed by atoms with van der Waals surface area (Å²) in [6.07, 6.45) is 6.59. The van der Waals surface area contributed by atoms with Crippen LogP contribution >= 0.6 is 0 Å². The van der Waals surface area contributed by atoms with Crippen LogP contribution in [0.5, 0.6) is 0 Å². The van der Waals surface area contributed by atoms with Gasteiger partial charge in [0.2, 0.25) is 17.6 Å². The van der Waals surface area contributed by atoms with Gasteiger partial charge in [-0.1, -0.05) is 59.8 Å². The molecule has 5 N–H and O–H groups in total. The van der Waals surface area contributed by atoms with E-state index in [0.717, 1.165) is 38.5 Å². The molecule has 1 aliphatic heterocycles. The molecule has 2 aliphatic carbocycles. The van der Waals surface area contributed by atoms with Gasteiger partial charge in [0.05, 0.1) is 28.7 Å². The fourth-order valence-corrected chi connectivity index (χ4v) is 9.18. The van der Waals surface area contributed by atoms with E-state index in [1.165, 1.54) is 18.7 Å². The van der Waals surface area contributed by atoms with Crippen molar-refractivity contribution in [3.05, 3.63) is 0 Å². The number of likely N-dealkylation sites (tertiary alicyclic amines) is 1. The molecule has 0 aromatic carbocycles. The Morgan fingerprint density at radius 1 is 0.938 bits per heavy atom. The summed E-state index contributed by atoms with van der Waals surface area (Å²) in [6.45, 7) is 12.0. The zero-order valence-electron chi connectivity index (χ0n) is 29.9. The highest BCUT2D eigenvalue weighted by Crippen LogP contribution is 2.43. The molecule has 274 valence electrons. The second kappa shape index (κ2) is 15.9. The zero-order chi connectivity index (χ0) is 36.1. The van der Waals surface area contributed by atoms with Crippen LogP contribution in [0, 0.1) is 17.3 Å². The number of urea groups is 1. The number of aliphatic hydroxyl groups excluding tert-OH is 1. The van der Waals surface area contributed by atoms with Gasteiger partial charge >= 0.3 is 6.03 Å². The molecule has 5 atom stereocenters. The summed E-state index contributed by atoms with van der Waals surface area (Å²) in [6, 6.07) is -3.61. The van der Waals surface area contributed by atoms with Gasteiger partial charge in [-0.15, -0.1) is 0 Å². The van der Waals surface area contributed by atoms with Crippen molar-refractivity contribution in [3.63, 3.8) is 0 Å². The van der Waals surface area contributed by atoms with E-state index in [1.807, 2.05) is 27.7 Å². The van der Waals surface area contributed by atoms with Crippen LogP contribution in [0.15, 0.2) is 0 Å². The standard InChI is InChI=1S/C34H59N5O8S/c1-8-14-24(26(41)29(43)35-9-2)36-28(42)25-23-16-13-15-22(23)19-39(25)30(44)27(32(3,4)5)37-31(45)38-34(17-11-10-12-18-34)21-48(46,47)33(6,7)20-40/h22-25,27,40H,8-21H2,1-7H3,(H,35,43)(H,36,42)(H2,37,38,45)/t22-,23-,24-,25-,27+/m0/s1. The van der Waals surface area contributed by atoms with Crippen LogP contribution in [0.25, 0.3) is 0 Å². The number of nitrogens with zero attached hydrogens (tertiary/aromatic N) is 1. The lowest BCUT2D eigenvalue weighted by Gasteiger charge is -2.41. The smallest absolute Gasteiger partial charge is 0.315 e. The molecule has 3 fully saturated rings. The van der Waals surface area contributed by atoms with Gasteiger partial charge in [0, 0.05) is 13.1 Å². The molecule has 0 spiro atoms. The number of ketones is 1. The lowest BCUT2D eigenvalue weighted by atomic mass is 9.83. The summed E-state index contributed by atoms with van der Waals surface area (Å²) >= 11 is 0. The van der Waals surface area contributed by atoms with Crippen LogP contribution in [-0.2, 0) is 29.0 Å². The van der Waals surface area contributed by atoms with Gasteiger partial charge in [-0.2, -0.15) is 0 Å². The van der Waals surface area contributed by atoms with Crippen LogP contribution in [-0.4, -0.2) is 102 Å². The molecular weight excluding hydrogens is 638 g/mol. The fourth-order valence-electron chi connectivity index (χ4n) is 7.50. The summed E-state index contributed by atoms with van der Waals surface area (Å²) in [4.78, 5) is 68.9. The lowest BCUT2D eigenvalue weighted by Crippen LogP contribution is -2.64. The zero-order valence-corrected chi connectivity index (χ0v) is 30.8. The van der Waals surface area contributed by atoms with E-state index in [0.29, 0.717) is 25.8 Å². The number of likely N-dealkylation sites (N-methyl/N-ethyl adjacent to an activating group) is 1. The number of carbonyl (C=O) groups excluding carboxylic acids is 5. The summed E-state index contributed by atoms with van der Waals surface area (Å²) in [5.41, 5.74) is -1.84. The molecule has 0 aromatic heterocycles. The fraction of sp³-hybridized carbons (Fsp3) is 0.853. The minimum atomic E-state index is -3.82. The Hall–Kier alpha value is -2.74. The molecule has 0 bridgehead atoms. The van der Waals surface area contributed by atoms with Crippen LogP contribution in [0.1, 0.15) is 113 Å². The molecule has 48 heavy (non-hydrogen) atoms. The molecule has 0 radical (unpaired) electrons. The number of fused-ring (bicyclic) bond motifs is 1. The third kappa shape index (κ3) is 9.08. The summed E-state index contributed by atoms with van der Waals surface area (Å²) < 4.78 is 25.3. The van der Waals surface area contributed by atoms with E-state index in [1.54, 1.807) is 6.92 Å². The first-order chi connectivity index (χ1) is 22.3. The largest absolute Gasteiger partial charge is 0.395 e. The van der Waals surface area contributed by atoms with E-state index in [4.69, 9.17) is 0 Å². The first-order valence-electron chi connectivity index (χ1n) is 17.7. The first-order valence-corrected chi connectivity index (χ1v) is 19.3. The van der Waals surface area contributed by atoms with Crippen molar-refractivity contribution in [2.24, 2.45) is 17.3 Å². The molecule has 5 amide bonds. The maximum absolute atomic E-state index is 14.4. The Bertz CT molecular complexity index is 1300. The summed E-state index contributed by atoms with van der Waals surface area (Å²) in [5, 5.41) is 20.9. The number of sulfone groups is 1. The topological polar surface area (TPSA) is 191 Å². The minimum absolute atomic E-state index is 0.0912. The highest BCUT2D eigenvalue weighted by Gasteiger charge is 2.52. The SMILES string of the molecule is CCC[C@H](NC(=O)[C@@H]1[C@H]2CCC[C@H]2CN1C(=O)[C@@H](NC(=O)NC1(CS(=O)(=O)C(C)(C)CO)CCCCC1)C(C)(C)C)C(=O)C(=O)NCC. The van der Waals surface area contributed by atoms with E-state index < -0.39 is 79.8 Å². The van der Waals surface area contributed by atoms with Gasteiger partial charge in [0.1, 0.15) is 12.1 Å². The number of rotatable bonds is 14. The van der Waals surface area contributed by atoms with Crippen molar-refractivity contribution in [1.82, 2.24) is 26.2 Å². The molecule has 1 heterocycles. The number of nitrogens with one attached hydrogen (secondary N) is 4. The number of hydrogen-bond donors (Lipinski definition) is 5. The van der Waals surface area contributed by atoms with Crippen molar-refractivity contribution in [2.45, 2.75) is 141 Å². The third-order valence-electron chi connectivity index (χ3n) is 10.5. The third-order valence-corrected chi connectivity index (χ3v) is 13.2. The van der Waals surface area contributed by atoms with Gasteiger partial charge in [-0.05, 0) is 70.1 Å². The number of carbonyl (C=O) groups is 5. The highest BCUT2D eigenvalue weighted by atomic mass is 32.2. The van der Waals surface area contributed by atoms with E-state index in [2.05, 4.69) is 21.3 Å². The second-order valence-corrected chi connectivity index (χ2v) is 18.4. The Morgan fingerprint density at radius 3 is 2.15 bits per heavy atom. The van der Waals surface area contributed by atoms with Crippen molar-refractivity contribution in [1.29, 1.82) is 0 Å². The van der Waals surface area contributed by atoms with Crippen LogP contribution < -0.4 is 21.3 Å². The number of hydrogen-bond acceptors (Lipinski definition) is 8. The number of amides is 5. The Kier molecular flexibility index (Phi) is 13.1. The van der Waals surface area contributed by atoms with Crippen LogP contribution in [0.4, 0.5) is 4.79 Å². The van der Waals surface area contributed by atoms with Gasteiger partial charge < -0.3 is 31.3 Å². The average molecular weight is 698 g/mol. The lowest BCUT2D eigenvalue weighted by molar-refractivity contribution is -0.144. The predicted octanol–water partition coefficient (Wildman–Crippen LogP) is 2.21. The van der Waals surface area contributed by atoms with Crippen molar-refractivity contribution in [3.8, 4) is 0 Å². The molecule has 1 saturated heterocycles. The van der Waals surface area contributed by atoms with Gasteiger partial charge in [0.15, 0.2) is 9.84 Å². The summed E-state index contributed by atoms with van der Waals surface area (Å²) in [7, 11) is -3.82. The maximum atomic E-state index is 14.4. The Labute approximate surface area is 286 Å². The highest BCUT2D eigenvalue weighted by molar-refractivity contribution is 7.92. The monoisotopic (exact) mass is 697 g/mol. The van der Waals surface area contributed by atoms with Crippen molar-refractivity contribution in [2.75, 3.05) is 25.4 Å². The van der Waals surface area contributed by atoms with Gasteiger partial charge in [0.25, 0.3) is 5.91 Å². The Balaban J connectivity index is 1.86. The number of aliphatic hydroxyl groups is 1. The van der Waals surface area contributed by atoms with Gasteiger partial charge in [-0.3, -0.25) is 19.2 Å². The van der Waals surface area contributed by atoms with Crippen molar-refractivity contribution >= 4 is 39.4 Å². The van der Waals surface area contributed by atoms with Crippen LogP contribution in [0.3, 0.4) is 0 Å². The predicted molar refractivity (Wildman–Crippen MR) is 183 cm³/mol. The molecule has 0 unspecified atom stereocenters. The van der Waals surface area contributed by atoms with Crippen molar-refractivity contribution < 1.29 is 37.5 Å². The molecule has 3 aliphatic rings. The number of Topliss-reactive ketones (excluding diaryl/α,β-unsaturated/α-hetero) is 1. The second-order valence-electron chi connectivity index (χ2n) is 15.8. The quantitative estimate of drug-likeness (QED) is 0.171. The van der Waals surface area contributed by atoms with Gasteiger partial charge in [-0.25, -0.2) is 13.2 Å².